The molecule has 1 aromatic carbocycles. The van der Waals surface area contributed by atoms with Crippen molar-refractivity contribution in [1.82, 2.24) is 5.32 Å². The van der Waals surface area contributed by atoms with Crippen LogP contribution in [0.5, 0.6) is 0 Å². The van der Waals surface area contributed by atoms with Crippen LogP contribution in [0.2, 0.25) is 0 Å². The molecule has 1 saturated heterocycles. The quantitative estimate of drug-likeness (QED) is 0.874. The molecule has 0 bridgehead atoms. The third kappa shape index (κ3) is 4.16. The van der Waals surface area contributed by atoms with Crippen LogP contribution < -0.4 is 5.32 Å². The summed E-state index contributed by atoms with van der Waals surface area (Å²) in [5, 5.41) is 13.7. The Balaban J connectivity index is 1.59. The average molecular weight is 335 g/mol. The van der Waals surface area contributed by atoms with Crippen LogP contribution in [-0.4, -0.2) is 28.8 Å². The summed E-state index contributed by atoms with van der Waals surface area (Å²) < 4.78 is 19.0. The Morgan fingerprint density at radius 2 is 2.04 bits per heavy atom. The van der Waals surface area contributed by atoms with Gasteiger partial charge in [0.25, 0.3) is 0 Å². The summed E-state index contributed by atoms with van der Waals surface area (Å²) in [5.74, 6) is 3.36. The first-order valence-corrected chi connectivity index (χ1v) is 9.07. The lowest BCUT2D eigenvalue weighted by atomic mass is 9.97. The normalized spacial score (nSPS) is 17.3. The molecule has 1 aliphatic heterocycles. The van der Waals surface area contributed by atoms with Gasteiger partial charge < -0.3 is 14.8 Å². The first-order chi connectivity index (χ1) is 11.1. The van der Waals surface area contributed by atoms with E-state index < -0.39 is 5.60 Å². The molecule has 1 aromatic heterocycles. The van der Waals surface area contributed by atoms with Gasteiger partial charge >= 0.3 is 0 Å². The van der Waals surface area contributed by atoms with Gasteiger partial charge in [0, 0.05) is 12.1 Å². The highest BCUT2D eigenvalue weighted by Gasteiger charge is 2.28. The Kier molecular flexibility index (Phi) is 5.09. The predicted octanol–water partition coefficient (Wildman–Crippen LogP) is 3.74. The van der Waals surface area contributed by atoms with E-state index >= 15 is 0 Å². The van der Waals surface area contributed by atoms with Gasteiger partial charge in [-0.3, -0.25) is 0 Å². The fourth-order valence-electron chi connectivity index (χ4n) is 2.87. The van der Waals surface area contributed by atoms with Crippen molar-refractivity contribution in [2.75, 3.05) is 18.1 Å². The Hall–Kier alpha value is -1.30. The van der Waals surface area contributed by atoms with Crippen molar-refractivity contribution in [2.24, 2.45) is 0 Å². The number of benzene rings is 1. The molecule has 0 unspecified atom stereocenters. The third-order valence-corrected chi connectivity index (χ3v) is 5.28. The van der Waals surface area contributed by atoms with Gasteiger partial charge in [-0.15, -0.1) is 0 Å². The fraction of sp³-hybridized carbons (Fsp3) is 0.444. The number of halogens is 1. The van der Waals surface area contributed by atoms with Gasteiger partial charge in [-0.1, -0.05) is 0 Å². The van der Waals surface area contributed by atoms with Crippen molar-refractivity contribution in [3.63, 3.8) is 0 Å². The van der Waals surface area contributed by atoms with Gasteiger partial charge in [0.15, 0.2) is 0 Å². The first-order valence-electron chi connectivity index (χ1n) is 7.92. The molecule has 2 N–H and O–H groups in total. The number of aliphatic hydroxyl groups is 1. The predicted molar refractivity (Wildman–Crippen MR) is 92.1 cm³/mol. The number of thioether (sulfide) groups is 1. The van der Waals surface area contributed by atoms with Crippen LogP contribution in [0, 0.1) is 12.7 Å². The van der Waals surface area contributed by atoms with Crippen molar-refractivity contribution in [2.45, 2.75) is 31.9 Å². The molecule has 1 fully saturated rings. The van der Waals surface area contributed by atoms with E-state index in [0.717, 1.165) is 47.0 Å². The number of nitrogens with one attached hydrogen (secondary N) is 1. The van der Waals surface area contributed by atoms with Crippen molar-refractivity contribution in [3.8, 4) is 11.3 Å². The molecule has 23 heavy (non-hydrogen) atoms. The van der Waals surface area contributed by atoms with Gasteiger partial charge in [-0.25, -0.2) is 4.39 Å². The van der Waals surface area contributed by atoms with Crippen LogP contribution in [0.15, 0.2) is 34.7 Å². The highest BCUT2D eigenvalue weighted by atomic mass is 32.2. The smallest absolute Gasteiger partial charge is 0.134 e. The van der Waals surface area contributed by atoms with E-state index in [4.69, 9.17) is 4.42 Å². The molecule has 5 heteroatoms. The Morgan fingerprint density at radius 3 is 2.78 bits per heavy atom. The molecule has 0 amide bonds. The zero-order valence-electron chi connectivity index (χ0n) is 13.3. The number of hydrogen-bond donors (Lipinski definition) is 2. The molecule has 3 nitrogen and oxygen atoms in total. The summed E-state index contributed by atoms with van der Waals surface area (Å²) in [7, 11) is 0. The number of hydrogen-bond acceptors (Lipinski definition) is 4. The Labute approximate surface area is 140 Å². The van der Waals surface area contributed by atoms with Gasteiger partial charge in [-0.05, 0) is 67.2 Å². The van der Waals surface area contributed by atoms with Crippen molar-refractivity contribution < 1.29 is 13.9 Å². The van der Waals surface area contributed by atoms with Gasteiger partial charge in [-0.2, -0.15) is 11.8 Å². The van der Waals surface area contributed by atoms with Crippen LogP contribution in [-0.2, 0) is 6.54 Å². The molecular weight excluding hydrogens is 313 g/mol. The lowest BCUT2D eigenvalue weighted by Crippen LogP contribution is -2.43. The second-order valence-corrected chi connectivity index (χ2v) is 7.39. The van der Waals surface area contributed by atoms with Crippen LogP contribution in [0.1, 0.15) is 24.2 Å². The van der Waals surface area contributed by atoms with Gasteiger partial charge in [0.2, 0.25) is 0 Å². The third-order valence-electron chi connectivity index (χ3n) is 4.29. The van der Waals surface area contributed by atoms with Crippen molar-refractivity contribution >= 4 is 11.8 Å². The molecule has 0 saturated carbocycles. The van der Waals surface area contributed by atoms with Crippen LogP contribution in [0.4, 0.5) is 4.39 Å². The van der Waals surface area contributed by atoms with Crippen LogP contribution in [0.3, 0.4) is 0 Å². The topological polar surface area (TPSA) is 45.4 Å². The van der Waals surface area contributed by atoms with Gasteiger partial charge in [0.1, 0.15) is 17.3 Å². The van der Waals surface area contributed by atoms with E-state index in [0.29, 0.717) is 13.1 Å². The molecular formula is C18H22FNO2S. The summed E-state index contributed by atoms with van der Waals surface area (Å²) in [6.45, 7) is 3.03. The average Bonchev–Trinajstić information content (AvgIpc) is 2.96. The molecule has 0 radical (unpaired) electrons. The number of aryl methyl sites for hydroxylation is 1. The molecule has 3 rings (SSSR count). The lowest BCUT2D eigenvalue weighted by Gasteiger charge is -2.31. The lowest BCUT2D eigenvalue weighted by molar-refractivity contribution is 0.0316. The summed E-state index contributed by atoms with van der Waals surface area (Å²) in [5.41, 5.74) is 1.17. The monoisotopic (exact) mass is 335 g/mol. The largest absolute Gasteiger partial charge is 0.460 e. The number of rotatable bonds is 5. The summed E-state index contributed by atoms with van der Waals surface area (Å²) in [6.07, 6.45) is 1.67. The van der Waals surface area contributed by atoms with E-state index in [1.54, 1.807) is 6.07 Å². The van der Waals surface area contributed by atoms with E-state index in [1.165, 1.54) is 12.1 Å². The van der Waals surface area contributed by atoms with E-state index in [-0.39, 0.29) is 5.82 Å². The zero-order valence-corrected chi connectivity index (χ0v) is 14.1. The SMILES string of the molecule is Cc1cc(F)ccc1-c1ccc(CNCC2(O)CCSCC2)o1. The van der Waals surface area contributed by atoms with E-state index in [9.17, 15) is 9.50 Å². The second-order valence-electron chi connectivity index (χ2n) is 6.17. The van der Waals surface area contributed by atoms with Crippen molar-refractivity contribution in [1.29, 1.82) is 0 Å². The maximum Gasteiger partial charge on any atom is 0.134 e. The highest BCUT2D eigenvalue weighted by molar-refractivity contribution is 7.99. The second kappa shape index (κ2) is 7.07. The van der Waals surface area contributed by atoms with Crippen LogP contribution >= 0.6 is 11.8 Å². The highest BCUT2D eigenvalue weighted by Crippen LogP contribution is 2.27. The summed E-state index contributed by atoms with van der Waals surface area (Å²) >= 11 is 1.90. The fourth-order valence-corrected chi connectivity index (χ4v) is 4.12. The van der Waals surface area contributed by atoms with E-state index in [1.807, 2.05) is 30.8 Å². The van der Waals surface area contributed by atoms with E-state index in [2.05, 4.69) is 5.32 Å². The molecule has 0 atom stereocenters. The first kappa shape index (κ1) is 16.6. The molecule has 1 aliphatic rings. The molecule has 0 aliphatic carbocycles. The minimum absolute atomic E-state index is 0.237. The minimum Gasteiger partial charge on any atom is -0.460 e. The molecule has 0 spiro atoms. The molecule has 2 aromatic rings. The summed E-state index contributed by atoms with van der Waals surface area (Å²) in [4.78, 5) is 0. The standard InChI is InChI=1S/C18H22FNO2S/c1-13-10-14(19)2-4-16(13)17-5-3-15(22-17)11-20-12-18(21)6-8-23-9-7-18/h2-5,10,20-21H,6-9,11-12H2,1H3. The maximum atomic E-state index is 13.2. The zero-order chi connectivity index (χ0) is 16.3. The van der Waals surface area contributed by atoms with Crippen LogP contribution in [0.25, 0.3) is 11.3 Å². The summed E-state index contributed by atoms with van der Waals surface area (Å²) in [6, 6.07) is 8.52. The molecule has 2 heterocycles. The molecule has 124 valence electrons. The maximum absolute atomic E-state index is 13.2. The van der Waals surface area contributed by atoms with Crippen molar-refractivity contribution in [3.05, 3.63) is 47.5 Å². The Morgan fingerprint density at radius 1 is 1.26 bits per heavy atom. The van der Waals surface area contributed by atoms with Gasteiger partial charge in [0.05, 0.1) is 12.1 Å². The minimum atomic E-state index is -0.589. The number of furan rings is 1. The Bertz CT molecular complexity index is 665.